The fourth-order valence-electron chi connectivity index (χ4n) is 3.48. The summed E-state index contributed by atoms with van der Waals surface area (Å²) in [6.45, 7) is 3.06. The number of primary amides is 2. The Kier molecular flexibility index (Phi) is 3.82. The average Bonchev–Trinajstić information content (AvgIpc) is 2.64. The van der Waals surface area contributed by atoms with Crippen LogP contribution in [0.2, 0.25) is 0 Å². The van der Waals surface area contributed by atoms with E-state index >= 15 is 0 Å². The third-order valence-corrected chi connectivity index (χ3v) is 4.29. The highest BCUT2D eigenvalue weighted by Crippen LogP contribution is 2.46. The van der Waals surface area contributed by atoms with E-state index in [4.69, 9.17) is 11.5 Å². The highest BCUT2D eigenvalue weighted by Gasteiger charge is 2.55. The monoisotopic (exact) mass is 308 g/mol. The van der Waals surface area contributed by atoms with Crippen LogP contribution in [0.3, 0.4) is 0 Å². The first-order valence-electron chi connectivity index (χ1n) is 6.90. The molecule has 1 saturated carbocycles. The molecule has 120 valence electrons. The van der Waals surface area contributed by atoms with Crippen LogP contribution in [-0.4, -0.2) is 38.1 Å². The lowest BCUT2D eigenvalue weighted by Crippen LogP contribution is -2.57. The van der Waals surface area contributed by atoms with Gasteiger partial charge in [-0.05, 0) is 19.4 Å². The largest absolute Gasteiger partial charge is 0.389 e. The van der Waals surface area contributed by atoms with Crippen LogP contribution in [0.1, 0.15) is 30.5 Å². The van der Waals surface area contributed by atoms with E-state index in [1.54, 1.807) is 20.2 Å². The van der Waals surface area contributed by atoms with Gasteiger partial charge in [0.05, 0.1) is 17.2 Å². The van der Waals surface area contributed by atoms with Gasteiger partial charge in [-0.3, -0.25) is 19.1 Å². The summed E-state index contributed by atoms with van der Waals surface area (Å²) >= 11 is 0. The topological polar surface area (TPSA) is 141 Å². The quantitative estimate of drug-likeness (QED) is 0.597. The number of aryl methyl sites for hydroxylation is 2. The summed E-state index contributed by atoms with van der Waals surface area (Å²) in [7, 11) is 1.68. The fourth-order valence-corrected chi connectivity index (χ4v) is 3.48. The van der Waals surface area contributed by atoms with Gasteiger partial charge in [-0.1, -0.05) is 0 Å². The van der Waals surface area contributed by atoms with Crippen molar-refractivity contribution in [1.29, 1.82) is 0 Å². The summed E-state index contributed by atoms with van der Waals surface area (Å²) < 4.78 is 1.51. The minimum atomic E-state index is -1.64. The molecule has 2 amide bonds. The normalized spacial score (nSPS) is 32.0. The average molecular weight is 308 g/mol. The Morgan fingerprint density at radius 1 is 1.41 bits per heavy atom. The van der Waals surface area contributed by atoms with Gasteiger partial charge in [-0.2, -0.15) is 5.10 Å². The molecule has 1 aromatic heterocycles. The Morgan fingerprint density at radius 3 is 2.41 bits per heavy atom. The number of ketones is 1. The Bertz CT molecular complexity index is 649. The molecule has 8 nitrogen and oxygen atoms in total. The van der Waals surface area contributed by atoms with E-state index in [9.17, 15) is 19.5 Å². The minimum Gasteiger partial charge on any atom is -0.389 e. The van der Waals surface area contributed by atoms with Crippen LogP contribution in [0.5, 0.6) is 0 Å². The number of hydrogen-bond acceptors (Lipinski definition) is 5. The third-order valence-electron chi connectivity index (χ3n) is 4.29. The van der Waals surface area contributed by atoms with Crippen LogP contribution in [0.4, 0.5) is 0 Å². The van der Waals surface area contributed by atoms with Gasteiger partial charge in [-0.15, -0.1) is 0 Å². The summed E-state index contributed by atoms with van der Waals surface area (Å²) in [6.07, 6.45) is 1.27. The first-order valence-corrected chi connectivity index (χ1v) is 6.90. The Hall–Kier alpha value is -2.22. The number of aliphatic hydroxyl groups is 1. The molecule has 1 heterocycles. The van der Waals surface area contributed by atoms with Gasteiger partial charge in [-0.25, -0.2) is 0 Å². The summed E-state index contributed by atoms with van der Waals surface area (Å²) in [6, 6.07) is 0. The molecule has 5 N–H and O–H groups in total. The van der Waals surface area contributed by atoms with Gasteiger partial charge >= 0.3 is 0 Å². The molecule has 1 aliphatic carbocycles. The second-order valence-corrected chi connectivity index (χ2v) is 6.13. The molecule has 1 fully saturated rings. The molecule has 22 heavy (non-hydrogen) atoms. The maximum atomic E-state index is 12.3. The van der Waals surface area contributed by atoms with Gasteiger partial charge in [0.15, 0.2) is 0 Å². The van der Waals surface area contributed by atoms with Gasteiger partial charge in [0.2, 0.25) is 11.8 Å². The number of carbonyl (C=O) groups is 3. The van der Waals surface area contributed by atoms with Gasteiger partial charge in [0.25, 0.3) is 0 Å². The SMILES string of the molecule is Cc1nn(C)cc1[C@@H]1[C@H](C(N)=O)C(=O)C[C@](C)(O)[C@H]1C(N)=O. The molecule has 0 saturated heterocycles. The highest BCUT2D eigenvalue weighted by atomic mass is 16.3. The fraction of sp³-hybridized carbons (Fsp3) is 0.571. The van der Waals surface area contributed by atoms with Gasteiger partial charge in [0.1, 0.15) is 11.7 Å². The van der Waals surface area contributed by atoms with Gasteiger partial charge in [0, 0.05) is 25.6 Å². The molecule has 8 heteroatoms. The van der Waals surface area contributed by atoms with Crippen molar-refractivity contribution in [3.05, 3.63) is 17.5 Å². The van der Waals surface area contributed by atoms with Crippen LogP contribution < -0.4 is 11.5 Å². The molecule has 1 aromatic rings. The molecule has 1 aliphatic rings. The molecular formula is C14H20N4O4. The maximum Gasteiger partial charge on any atom is 0.228 e. The maximum absolute atomic E-state index is 12.3. The lowest BCUT2D eigenvalue weighted by Gasteiger charge is -2.43. The summed E-state index contributed by atoms with van der Waals surface area (Å²) in [5.74, 6) is -5.34. The third kappa shape index (κ3) is 2.50. The number of amides is 2. The molecule has 0 bridgehead atoms. The van der Waals surface area contributed by atoms with E-state index in [1.165, 1.54) is 11.6 Å². The number of aromatic nitrogens is 2. The summed E-state index contributed by atoms with van der Waals surface area (Å²) in [5, 5.41) is 14.7. The van der Waals surface area contributed by atoms with E-state index < -0.39 is 41.0 Å². The number of carbonyl (C=O) groups excluding carboxylic acids is 3. The van der Waals surface area contributed by atoms with E-state index in [0.29, 0.717) is 11.3 Å². The highest BCUT2D eigenvalue weighted by molar-refractivity contribution is 6.04. The van der Waals surface area contributed by atoms with Crippen LogP contribution in [0, 0.1) is 18.8 Å². The summed E-state index contributed by atoms with van der Waals surface area (Å²) in [4.78, 5) is 36.0. The zero-order valence-electron chi connectivity index (χ0n) is 12.7. The Morgan fingerprint density at radius 2 is 2.00 bits per heavy atom. The first-order chi connectivity index (χ1) is 10.1. The van der Waals surface area contributed by atoms with Crippen molar-refractivity contribution < 1.29 is 19.5 Å². The number of hydrogen-bond donors (Lipinski definition) is 3. The zero-order chi connectivity index (χ0) is 16.8. The van der Waals surface area contributed by atoms with Crippen LogP contribution >= 0.6 is 0 Å². The molecule has 0 aromatic carbocycles. The Labute approximate surface area is 127 Å². The number of Topliss-reactive ketones (excluding diaryl/α,β-unsaturated/α-hetero) is 1. The first kappa shape index (κ1) is 16.2. The smallest absolute Gasteiger partial charge is 0.228 e. The molecule has 0 radical (unpaired) electrons. The number of nitrogens with zero attached hydrogens (tertiary/aromatic N) is 2. The van der Waals surface area contributed by atoms with Crippen LogP contribution in [0.25, 0.3) is 0 Å². The van der Waals surface area contributed by atoms with E-state index in [-0.39, 0.29) is 6.42 Å². The lowest BCUT2D eigenvalue weighted by molar-refractivity contribution is -0.152. The molecule has 0 unspecified atom stereocenters. The Balaban J connectivity index is 2.67. The summed E-state index contributed by atoms with van der Waals surface area (Å²) in [5.41, 5.74) is 10.2. The second kappa shape index (κ2) is 5.20. The van der Waals surface area contributed by atoms with E-state index in [2.05, 4.69) is 5.10 Å². The van der Waals surface area contributed by atoms with Crippen LogP contribution in [0.15, 0.2) is 6.20 Å². The van der Waals surface area contributed by atoms with Crippen LogP contribution in [-0.2, 0) is 21.4 Å². The number of rotatable bonds is 3. The lowest BCUT2D eigenvalue weighted by atomic mass is 9.61. The molecule has 2 rings (SSSR count). The molecule has 0 spiro atoms. The van der Waals surface area contributed by atoms with E-state index in [0.717, 1.165) is 0 Å². The van der Waals surface area contributed by atoms with Crippen molar-refractivity contribution >= 4 is 17.6 Å². The molecule has 4 atom stereocenters. The predicted molar refractivity (Wildman–Crippen MR) is 76.3 cm³/mol. The molecular weight excluding hydrogens is 288 g/mol. The van der Waals surface area contributed by atoms with Gasteiger partial charge < -0.3 is 16.6 Å². The van der Waals surface area contributed by atoms with Crippen molar-refractivity contribution in [3.8, 4) is 0 Å². The number of nitrogens with two attached hydrogens (primary N) is 2. The second-order valence-electron chi connectivity index (χ2n) is 6.13. The van der Waals surface area contributed by atoms with E-state index in [1.807, 2.05) is 0 Å². The van der Waals surface area contributed by atoms with Crippen molar-refractivity contribution in [1.82, 2.24) is 9.78 Å². The van der Waals surface area contributed by atoms with Crippen molar-refractivity contribution in [2.75, 3.05) is 0 Å². The predicted octanol–water partition coefficient (Wildman–Crippen LogP) is -1.26. The standard InChI is InChI=1S/C14H20N4O4/c1-6-7(5-18(3)17-6)9-10(12(15)20)8(19)4-14(2,22)11(9)13(16)21/h5,9-11,22H,4H2,1-3H3,(H2,15,20)(H2,16,21)/t9-,10-,11-,14+/m1/s1. The minimum absolute atomic E-state index is 0.343. The van der Waals surface area contributed by atoms with Crippen molar-refractivity contribution in [2.24, 2.45) is 30.4 Å². The van der Waals surface area contributed by atoms with Crippen molar-refractivity contribution in [2.45, 2.75) is 31.8 Å². The zero-order valence-corrected chi connectivity index (χ0v) is 12.7. The molecule has 0 aliphatic heterocycles. The van der Waals surface area contributed by atoms with Crippen molar-refractivity contribution in [3.63, 3.8) is 0 Å².